The predicted octanol–water partition coefficient (Wildman–Crippen LogP) is 7.15. The Bertz CT molecular complexity index is 349. The van der Waals surface area contributed by atoms with E-state index in [2.05, 4.69) is 46.8 Å². The van der Waals surface area contributed by atoms with Crippen LogP contribution in [0.15, 0.2) is 12.2 Å². The van der Waals surface area contributed by atoms with Crippen molar-refractivity contribution in [3.05, 3.63) is 12.2 Å². The third-order valence-corrected chi connectivity index (χ3v) is 4.33. The van der Waals surface area contributed by atoms with E-state index in [9.17, 15) is 4.79 Å². The minimum absolute atomic E-state index is 0.114. The highest BCUT2D eigenvalue weighted by molar-refractivity contribution is 5.60. The van der Waals surface area contributed by atoms with Gasteiger partial charge in [-0.2, -0.15) is 0 Å². The highest BCUT2D eigenvalue weighted by Crippen LogP contribution is 2.16. The highest BCUT2D eigenvalue weighted by atomic mass is 16.7. The zero-order valence-corrected chi connectivity index (χ0v) is 17.6. The number of carbonyl (C=O) groups excluding carboxylic acids is 1. The van der Waals surface area contributed by atoms with Crippen LogP contribution in [0.4, 0.5) is 4.79 Å². The Kier molecular flexibility index (Phi) is 14.7. The fourth-order valence-corrected chi connectivity index (χ4v) is 3.09. The van der Waals surface area contributed by atoms with Gasteiger partial charge in [-0.1, -0.05) is 78.9 Å². The molecule has 0 aromatic rings. The molecule has 0 heterocycles. The largest absolute Gasteiger partial charge is 0.508 e. The fourth-order valence-electron chi connectivity index (χ4n) is 3.09. The summed E-state index contributed by atoms with van der Waals surface area (Å²) in [7, 11) is 0. The second kappa shape index (κ2) is 15.3. The maximum absolute atomic E-state index is 11.7. The van der Waals surface area contributed by atoms with Crippen LogP contribution in [-0.2, 0) is 9.47 Å². The van der Waals surface area contributed by atoms with E-state index >= 15 is 0 Å². The molecule has 0 aromatic heterocycles. The molecule has 148 valence electrons. The Morgan fingerprint density at radius 3 is 2.00 bits per heavy atom. The monoisotopic (exact) mass is 354 g/mol. The molecule has 0 rings (SSSR count). The van der Waals surface area contributed by atoms with Gasteiger partial charge in [0.05, 0.1) is 6.61 Å². The van der Waals surface area contributed by atoms with Crippen molar-refractivity contribution in [1.82, 2.24) is 0 Å². The van der Waals surface area contributed by atoms with E-state index in [4.69, 9.17) is 9.47 Å². The molecule has 3 nitrogen and oxygen atoms in total. The Morgan fingerprint density at radius 2 is 1.40 bits per heavy atom. The van der Waals surface area contributed by atoms with Crippen molar-refractivity contribution in [3.8, 4) is 0 Å². The SMILES string of the molecule is CCCCCCCCOC(=O)OC(C)CC(C)/C=C\C(C)CC(C)C. The van der Waals surface area contributed by atoms with E-state index < -0.39 is 6.16 Å². The molecule has 0 aromatic carbocycles. The van der Waals surface area contributed by atoms with Gasteiger partial charge in [0.1, 0.15) is 6.10 Å². The summed E-state index contributed by atoms with van der Waals surface area (Å²) in [4.78, 5) is 11.7. The number of allylic oxidation sites excluding steroid dienone is 2. The van der Waals surface area contributed by atoms with Crippen LogP contribution in [0.25, 0.3) is 0 Å². The first-order valence-electron chi connectivity index (χ1n) is 10.4. The number of ether oxygens (including phenoxy) is 2. The van der Waals surface area contributed by atoms with Crippen LogP contribution in [0.5, 0.6) is 0 Å². The quantitative estimate of drug-likeness (QED) is 0.189. The summed E-state index contributed by atoms with van der Waals surface area (Å²) >= 11 is 0. The molecule has 0 N–H and O–H groups in total. The molecule has 25 heavy (non-hydrogen) atoms. The smallest absolute Gasteiger partial charge is 0.434 e. The minimum Gasteiger partial charge on any atom is -0.434 e. The number of rotatable bonds is 14. The summed E-state index contributed by atoms with van der Waals surface area (Å²) in [5, 5.41) is 0. The van der Waals surface area contributed by atoms with Gasteiger partial charge in [0.25, 0.3) is 0 Å². The van der Waals surface area contributed by atoms with Crippen molar-refractivity contribution in [3.63, 3.8) is 0 Å². The third-order valence-electron chi connectivity index (χ3n) is 4.33. The third kappa shape index (κ3) is 16.2. The molecule has 3 heteroatoms. The van der Waals surface area contributed by atoms with E-state index in [1.54, 1.807) is 0 Å². The molecule has 0 spiro atoms. The number of hydrogen-bond donors (Lipinski definition) is 0. The molecular weight excluding hydrogens is 312 g/mol. The van der Waals surface area contributed by atoms with Crippen molar-refractivity contribution < 1.29 is 14.3 Å². The molecule has 0 fully saturated rings. The summed E-state index contributed by atoms with van der Waals surface area (Å²) in [5.41, 5.74) is 0. The molecule has 3 unspecified atom stereocenters. The zero-order valence-electron chi connectivity index (χ0n) is 17.6. The van der Waals surface area contributed by atoms with Gasteiger partial charge in [0, 0.05) is 0 Å². The topological polar surface area (TPSA) is 35.5 Å². The van der Waals surface area contributed by atoms with Gasteiger partial charge >= 0.3 is 6.16 Å². The summed E-state index contributed by atoms with van der Waals surface area (Å²) in [6.07, 6.45) is 13.0. The summed E-state index contributed by atoms with van der Waals surface area (Å²) in [5.74, 6) is 1.72. The van der Waals surface area contributed by atoms with E-state index in [1.165, 1.54) is 32.1 Å². The molecule has 0 bridgehead atoms. The molecule has 0 radical (unpaired) electrons. The molecule has 3 atom stereocenters. The van der Waals surface area contributed by atoms with Crippen molar-refractivity contribution >= 4 is 6.16 Å². The van der Waals surface area contributed by atoms with Crippen LogP contribution in [0, 0.1) is 17.8 Å². The van der Waals surface area contributed by atoms with Crippen molar-refractivity contribution in [2.24, 2.45) is 17.8 Å². The van der Waals surface area contributed by atoms with E-state index in [-0.39, 0.29) is 6.10 Å². The Labute approximate surface area is 156 Å². The average molecular weight is 355 g/mol. The minimum atomic E-state index is -0.523. The first kappa shape index (κ1) is 24.0. The normalized spacial score (nSPS) is 15.3. The molecule has 0 amide bonds. The van der Waals surface area contributed by atoms with E-state index in [0.29, 0.717) is 18.4 Å². The first-order chi connectivity index (χ1) is 11.8. The molecule has 0 aliphatic carbocycles. The lowest BCUT2D eigenvalue weighted by molar-refractivity contribution is 0.0232. The summed E-state index contributed by atoms with van der Waals surface area (Å²) in [6.45, 7) is 13.5. The number of carbonyl (C=O) groups is 1. The van der Waals surface area contributed by atoms with E-state index in [0.717, 1.165) is 25.2 Å². The maximum atomic E-state index is 11.7. The summed E-state index contributed by atoms with van der Waals surface area (Å²) in [6, 6.07) is 0. The van der Waals surface area contributed by atoms with Gasteiger partial charge in [-0.25, -0.2) is 4.79 Å². The molecule has 0 aliphatic rings. The lowest BCUT2D eigenvalue weighted by Gasteiger charge is -2.16. The molecule has 0 saturated carbocycles. The lowest BCUT2D eigenvalue weighted by atomic mass is 9.96. The fraction of sp³-hybridized carbons (Fsp3) is 0.864. The van der Waals surface area contributed by atoms with Crippen LogP contribution in [0.1, 0.15) is 92.9 Å². The van der Waals surface area contributed by atoms with Crippen molar-refractivity contribution in [1.29, 1.82) is 0 Å². The maximum Gasteiger partial charge on any atom is 0.508 e. The van der Waals surface area contributed by atoms with Crippen molar-refractivity contribution in [2.75, 3.05) is 6.61 Å². The zero-order chi connectivity index (χ0) is 19.1. The van der Waals surface area contributed by atoms with Crippen LogP contribution in [0.3, 0.4) is 0 Å². The van der Waals surface area contributed by atoms with Gasteiger partial charge in [-0.15, -0.1) is 0 Å². The van der Waals surface area contributed by atoms with Crippen LogP contribution in [-0.4, -0.2) is 18.9 Å². The number of unbranched alkanes of at least 4 members (excludes halogenated alkanes) is 5. The Morgan fingerprint density at radius 1 is 0.840 bits per heavy atom. The summed E-state index contributed by atoms with van der Waals surface area (Å²) < 4.78 is 10.5. The lowest BCUT2D eigenvalue weighted by Crippen LogP contribution is -2.18. The average Bonchev–Trinajstić information content (AvgIpc) is 2.51. The molecule has 0 aliphatic heterocycles. The van der Waals surface area contributed by atoms with Crippen molar-refractivity contribution in [2.45, 2.75) is 99.0 Å². The van der Waals surface area contributed by atoms with Gasteiger partial charge < -0.3 is 9.47 Å². The van der Waals surface area contributed by atoms with Gasteiger partial charge in [0.15, 0.2) is 0 Å². The van der Waals surface area contributed by atoms with Crippen LogP contribution >= 0.6 is 0 Å². The second-order valence-electron chi connectivity index (χ2n) is 8.00. The predicted molar refractivity (Wildman–Crippen MR) is 107 cm³/mol. The Hall–Kier alpha value is -0.990. The van der Waals surface area contributed by atoms with Gasteiger partial charge in [-0.3, -0.25) is 0 Å². The van der Waals surface area contributed by atoms with Crippen LogP contribution < -0.4 is 0 Å². The molecule has 0 saturated heterocycles. The standard InChI is InChI=1S/C22H42O3/c1-7-8-9-10-11-12-15-24-22(23)25-21(6)17-20(5)14-13-19(4)16-18(2)3/h13-14,18-21H,7-12,15-17H2,1-6H3/b14-13-. The molecular formula is C22H42O3. The Balaban J connectivity index is 3.80. The van der Waals surface area contributed by atoms with Gasteiger partial charge in [-0.05, 0) is 43.9 Å². The van der Waals surface area contributed by atoms with E-state index in [1.807, 2.05) is 6.92 Å². The van der Waals surface area contributed by atoms with Gasteiger partial charge in [0.2, 0.25) is 0 Å². The number of hydrogen-bond acceptors (Lipinski definition) is 3. The highest BCUT2D eigenvalue weighted by Gasteiger charge is 2.13. The second-order valence-corrected chi connectivity index (χ2v) is 8.00. The van der Waals surface area contributed by atoms with Crippen LogP contribution in [0.2, 0.25) is 0 Å². The first-order valence-corrected chi connectivity index (χ1v) is 10.4.